The van der Waals surface area contributed by atoms with Gasteiger partial charge in [-0.2, -0.15) is 9.65 Å². The third-order valence-electron chi connectivity index (χ3n) is 8.09. The molecule has 0 aliphatic carbocycles. The summed E-state index contributed by atoms with van der Waals surface area (Å²) < 4.78 is 36.1. The molecule has 3 N–H and O–H groups in total. The lowest BCUT2D eigenvalue weighted by Crippen LogP contribution is -2.60. The Hall–Kier alpha value is -5.53. The lowest BCUT2D eigenvalue weighted by Gasteiger charge is -2.39. The molecule has 2 saturated heterocycles. The van der Waals surface area contributed by atoms with Crippen molar-refractivity contribution in [2.75, 3.05) is 57.7 Å². The van der Waals surface area contributed by atoms with E-state index in [4.69, 9.17) is 21.6 Å². The smallest absolute Gasteiger partial charge is 0.322 e. The molecule has 6 rings (SSSR count). The fraction of sp³-hybridized carbons (Fsp3) is 0.290. The van der Waals surface area contributed by atoms with Gasteiger partial charge in [0.25, 0.3) is 5.91 Å². The molecule has 2 aliphatic rings. The highest BCUT2D eigenvalue weighted by Crippen LogP contribution is 2.32. The second kappa shape index (κ2) is 13.7. The SMILES string of the molecule is N#CCOc1ccc(-c2cnc3c(Nc4ccc(C(=O)N5CCN(C(=O)N6CCN[C@H](C(=O)O)C6)CC5)c(Cl)c4)nccn23)c(F)c1F. The predicted molar refractivity (Wildman–Crippen MR) is 168 cm³/mol. The number of amides is 3. The van der Waals surface area contributed by atoms with Gasteiger partial charge in [0.05, 0.1) is 22.5 Å². The van der Waals surface area contributed by atoms with Crippen LogP contribution in [0, 0.1) is 23.0 Å². The fourth-order valence-electron chi connectivity index (χ4n) is 5.62. The molecule has 17 heteroatoms. The van der Waals surface area contributed by atoms with Gasteiger partial charge in [0.15, 0.2) is 29.6 Å². The lowest BCUT2D eigenvalue weighted by molar-refractivity contribution is -0.140. The number of fused-ring (bicyclic) bond motifs is 1. The molecular formula is C31H28ClF2N9O5. The van der Waals surface area contributed by atoms with E-state index >= 15 is 0 Å². The number of carboxylic acid groups (broad SMARTS) is 1. The van der Waals surface area contributed by atoms with Crippen LogP contribution < -0.4 is 15.4 Å². The molecule has 0 unspecified atom stereocenters. The Morgan fingerprint density at radius 2 is 1.83 bits per heavy atom. The Kier molecular flexibility index (Phi) is 9.24. The van der Waals surface area contributed by atoms with Gasteiger partial charge < -0.3 is 35.2 Å². The molecule has 0 bridgehead atoms. The standard InChI is InChI=1S/C31H28ClF2N9O5/c32-21-15-18(1-2-19(21)29(44)40-10-12-41(13-11-40)31(47)42-8-6-36-22(17-42)30(45)46)39-27-28-38-16-23(43(28)9-7-37-27)20-3-4-24(48-14-5-35)26(34)25(20)33/h1-4,7,9,15-16,22,36H,6,8,10-14,17H2,(H,37,39)(H,45,46)/t22-/m0/s1. The van der Waals surface area contributed by atoms with E-state index in [0.29, 0.717) is 37.5 Å². The Balaban J connectivity index is 1.12. The molecule has 2 aromatic heterocycles. The average Bonchev–Trinajstić information content (AvgIpc) is 3.53. The van der Waals surface area contributed by atoms with Crippen LogP contribution >= 0.6 is 11.6 Å². The number of aromatic nitrogens is 3. The molecule has 14 nitrogen and oxygen atoms in total. The third kappa shape index (κ3) is 6.37. The number of benzene rings is 2. The average molecular weight is 680 g/mol. The molecule has 0 spiro atoms. The number of urea groups is 1. The number of carbonyl (C=O) groups is 3. The van der Waals surface area contributed by atoms with Gasteiger partial charge in [0, 0.05) is 69.5 Å². The number of carboxylic acids is 1. The molecule has 2 aliphatic heterocycles. The first-order chi connectivity index (χ1) is 23.2. The van der Waals surface area contributed by atoms with Crippen molar-refractivity contribution in [3.8, 4) is 23.1 Å². The molecule has 0 saturated carbocycles. The monoisotopic (exact) mass is 679 g/mol. The van der Waals surface area contributed by atoms with Crippen LogP contribution in [-0.4, -0.2) is 111 Å². The summed E-state index contributed by atoms with van der Waals surface area (Å²) in [6.07, 6.45) is 4.36. The molecule has 248 valence electrons. The largest absolute Gasteiger partial charge is 0.480 e. The summed E-state index contributed by atoms with van der Waals surface area (Å²) in [7, 11) is 0. The van der Waals surface area contributed by atoms with E-state index in [9.17, 15) is 28.3 Å². The Bertz CT molecular complexity index is 1940. The molecule has 2 fully saturated rings. The van der Waals surface area contributed by atoms with Gasteiger partial charge >= 0.3 is 12.0 Å². The minimum Gasteiger partial charge on any atom is -0.480 e. The van der Waals surface area contributed by atoms with Crippen LogP contribution in [0.4, 0.5) is 25.1 Å². The molecule has 4 aromatic rings. The third-order valence-corrected chi connectivity index (χ3v) is 8.40. The van der Waals surface area contributed by atoms with Crippen LogP contribution in [0.2, 0.25) is 5.02 Å². The van der Waals surface area contributed by atoms with E-state index in [0.717, 1.165) is 0 Å². The van der Waals surface area contributed by atoms with E-state index < -0.39 is 30.3 Å². The van der Waals surface area contributed by atoms with Gasteiger partial charge in [-0.15, -0.1) is 0 Å². The van der Waals surface area contributed by atoms with E-state index in [1.807, 2.05) is 0 Å². The second-order valence-corrected chi connectivity index (χ2v) is 11.4. The van der Waals surface area contributed by atoms with Crippen molar-refractivity contribution in [3.63, 3.8) is 0 Å². The van der Waals surface area contributed by atoms with Gasteiger partial charge in [-0.05, 0) is 30.3 Å². The van der Waals surface area contributed by atoms with Crippen LogP contribution in [0.1, 0.15) is 10.4 Å². The maximum atomic E-state index is 15.0. The van der Waals surface area contributed by atoms with Crippen LogP contribution in [0.25, 0.3) is 16.9 Å². The quantitative estimate of drug-likeness (QED) is 0.264. The number of carbonyl (C=O) groups excluding carboxylic acids is 2. The van der Waals surface area contributed by atoms with Crippen LogP contribution in [0.5, 0.6) is 5.75 Å². The molecular weight excluding hydrogens is 652 g/mol. The van der Waals surface area contributed by atoms with Crippen molar-refractivity contribution in [1.82, 2.24) is 34.4 Å². The number of nitrogens with one attached hydrogen (secondary N) is 2. The van der Waals surface area contributed by atoms with Crippen molar-refractivity contribution in [2.24, 2.45) is 0 Å². The molecule has 0 radical (unpaired) electrons. The summed E-state index contributed by atoms with van der Waals surface area (Å²) in [6.45, 7) is 1.57. The molecule has 2 aromatic carbocycles. The van der Waals surface area contributed by atoms with E-state index in [2.05, 4.69) is 20.6 Å². The number of ether oxygens (including phenoxy) is 1. The highest BCUT2D eigenvalue weighted by molar-refractivity contribution is 6.34. The number of hydrogen-bond donors (Lipinski definition) is 3. The first-order valence-electron chi connectivity index (χ1n) is 14.8. The van der Waals surface area contributed by atoms with Crippen molar-refractivity contribution in [3.05, 3.63) is 71.1 Å². The first kappa shape index (κ1) is 32.4. The maximum absolute atomic E-state index is 15.0. The van der Waals surface area contributed by atoms with Gasteiger partial charge in [-0.3, -0.25) is 14.0 Å². The normalized spacial score (nSPS) is 16.5. The minimum atomic E-state index is -1.23. The zero-order valence-electron chi connectivity index (χ0n) is 25.2. The minimum absolute atomic E-state index is 0.0716. The van der Waals surface area contributed by atoms with E-state index in [1.165, 1.54) is 33.8 Å². The topological polar surface area (TPSA) is 168 Å². The zero-order chi connectivity index (χ0) is 33.9. The molecule has 3 amide bonds. The predicted octanol–water partition coefficient (Wildman–Crippen LogP) is 3.21. The maximum Gasteiger partial charge on any atom is 0.322 e. The van der Waals surface area contributed by atoms with Crippen LogP contribution in [-0.2, 0) is 4.79 Å². The van der Waals surface area contributed by atoms with E-state index in [1.54, 1.807) is 40.3 Å². The molecule has 4 heterocycles. The summed E-state index contributed by atoms with van der Waals surface area (Å²) in [5.74, 6) is -3.79. The van der Waals surface area contributed by atoms with Crippen molar-refractivity contribution < 1.29 is 33.0 Å². The number of nitriles is 1. The Morgan fingerprint density at radius 1 is 1.06 bits per heavy atom. The molecule has 1 atom stereocenters. The summed E-state index contributed by atoms with van der Waals surface area (Å²) >= 11 is 6.55. The summed E-state index contributed by atoms with van der Waals surface area (Å²) in [5.41, 5.74) is 1.23. The van der Waals surface area contributed by atoms with Gasteiger partial charge in [-0.25, -0.2) is 19.2 Å². The molecule has 48 heavy (non-hydrogen) atoms. The second-order valence-electron chi connectivity index (χ2n) is 11.0. The lowest BCUT2D eigenvalue weighted by atomic mass is 10.1. The number of halogens is 3. The van der Waals surface area contributed by atoms with Gasteiger partial charge in [0.1, 0.15) is 12.1 Å². The highest BCUT2D eigenvalue weighted by atomic mass is 35.5. The zero-order valence-corrected chi connectivity index (χ0v) is 26.0. The number of rotatable bonds is 7. The number of imidazole rings is 1. The number of hydrogen-bond acceptors (Lipinski definition) is 9. The van der Waals surface area contributed by atoms with Crippen molar-refractivity contribution in [2.45, 2.75) is 6.04 Å². The summed E-state index contributed by atoms with van der Waals surface area (Å²) in [4.78, 5) is 51.1. The van der Waals surface area contributed by atoms with Gasteiger partial charge in [0.2, 0.25) is 5.82 Å². The number of piperazine rings is 2. The number of aliphatic carboxylic acids is 1. The summed E-state index contributed by atoms with van der Waals surface area (Å²) in [5, 5.41) is 24.1. The van der Waals surface area contributed by atoms with Crippen molar-refractivity contribution >= 4 is 46.7 Å². The van der Waals surface area contributed by atoms with Gasteiger partial charge in [-0.1, -0.05) is 11.6 Å². The van der Waals surface area contributed by atoms with Crippen molar-refractivity contribution in [1.29, 1.82) is 5.26 Å². The van der Waals surface area contributed by atoms with Crippen LogP contribution in [0.15, 0.2) is 48.9 Å². The fourth-order valence-corrected chi connectivity index (χ4v) is 5.88. The Labute approximate surface area is 277 Å². The first-order valence-corrected chi connectivity index (χ1v) is 15.2. The van der Waals surface area contributed by atoms with Crippen LogP contribution in [0.3, 0.4) is 0 Å². The number of nitrogens with zero attached hydrogens (tertiary/aromatic N) is 7. The highest BCUT2D eigenvalue weighted by Gasteiger charge is 2.33. The Morgan fingerprint density at radius 3 is 2.56 bits per heavy atom. The number of anilines is 2. The van der Waals surface area contributed by atoms with E-state index in [-0.39, 0.29) is 65.0 Å². The summed E-state index contributed by atoms with van der Waals surface area (Å²) in [6, 6.07) is 7.98.